The molecule has 0 radical (unpaired) electrons. The van der Waals surface area contributed by atoms with Gasteiger partial charge >= 0.3 is 6.01 Å². The normalized spacial score (nSPS) is 10.2. The minimum absolute atomic E-state index is 0.155. The van der Waals surface area contributed by atoms with E-state index < -0.39 is 0 Å². The number of ether oxygens (including phenoxy) is 2. The Morgan fingerprint density at radius 1 is 0.659 bits per heavy atom. The van der Waals surface area contributed by atoms with Crippen LogP contribution in [0.3, 0.4) is 0 Å². The molecular formula is C30H48N6O5. The van der Waals surface area contributed by atoms with Crippen molar-refractivity contribution < 1.29 is 24.8 Å². The monoisotopic (exact) mass is 572 g/mol. The molecule has 11 heteroatoms. The number of hydrogen-bond acceptors (Lipinski definition) is 11. The van der Waals surface area contributed by atoms with Gasteiger partial charge in [0.25, 0.3) is 0 Å². The highest BCUT2D eigenvalue weighted by atomic mass is 16.5. The molecule has 0 spiro atoms. The SMILES string of the molecule is CCCCCCCCOc1nc(C)c(O)c(C)n1.COc1cc(C)c(O)c(C)n1.Cc1nc(N(C)C)nc(C)c1O. The third-order valence-electron chi connectivity index (χ3n) is 6.11. The molecule has 0 saturated heterocycles. The molecular weight excluding hydrogens is 524 g/mol. The van der Waals surface area contributed by atoms with Crippen LogP contribution >= 0.6 is 0 Å². The van der Waals surface area contributed by atoms with Crippen molar-refractivity contribution >= 4 is 5.95 Å². The number of rotatable bonds is 10. The summed E-state index contributed by atoms with van der Waals surface area (Å²) < 4.78 is 10.4. The van der Waals surface area contributed by atoms with E-state index in [4.69, 9.17) is 9.47 Å². The maximum Gasteiger partial charge on any atom is 0.317 e. The van der Waals surface area contributed by atoms with Crippen LogP contribution in [0.15, 0.2) is 6.07 Å². The standard InChI is InChI=1S/C14H24N2O2.C8H13N3O.C8H11NO2/c1-4-5-6-7-8-9-10-18-14-15-11(2)13(17)12(3)16-14;1-5-7(12)6(2)10-8(9-5)11(3)4;1-5-4-7(11-3)9-6(2)8(5)10/h17H,4-10H2,1-3H3;12H,1-4H3;4,10H,1-3H3. The Bertz CT molecular complexity index is 1170. The molecule has 228 valence electrons. The third-order valence-corrected chi connectivity index (χ3v) is 6.11. The van der Waals surface area contributed by atoms with Crippen LogP contribution in [0.1, 0.15) is 79.5 Å². The number of unbranched alkanes of at least 4 members (excludes halogenated alkanes) is 5. The third kappa shape index (κ3) is 12.0. The van der Waals surface area contributed by atoms with E-state index in [0.29, 0.717) is 52.9 Å². The molecule has 0 bridgehead atoms. The fourth-order valence-corrected chi connectivity index (χ4v) is 3.58. The topological polar surface area (TPSA) is 147 Å². The molecule has 0 aliphatic heterocycles. The van der Waals surface area contributed by atoms with Gasteiger partial charge in [0.2, 0.25) is 11.8 Å². The van der Waals surface area contributed by atoms with Gasteiger partial charge in [0.05, 0.1) is 42.2 Å². The van der Waals surface area contributed by atoms with E-state index in [1.165, 1.54) is 32.1 Å². The lowest BCUT2D eigenvalue weighted by molar-refractivity contribution is 0.278. The zero-order chi connectivity index (χ0) is 31.1. The second kappa shape index (κ2) is 17.7. The summed E-state index contributed by atoms with van der Waals surface area (Å²) in [5, 5.41) is 28.2. The fourth-order valence-electron chi connectivity index (χ4n) is 3.58. The number of anilines is 1. The summed E-state index contributed by atoms with van der Waals surface area (Å²) >= 11 is 0. The van der Waals surface area contributed by atoms with Crippen molar-refractivity contribution in [3.05, 3.63) is 40.1 Å². The molecule has 11 nitrogen and oxygen atoms in total. The molecule has 0 atom stereocenters. The van der Waals surface area contributed by atoms with Crippen molar-refractivity contribution in [1.29, 1.82) is 0 Å². The van der Waals surface area contributed by atoms with Crippen LogP contribution < -0.4 is 14.4 Å². The fraction of sp³-hybridized carbons (Fsp3) is 0.567. The molecule has 41 heavy (non-hydrogen) atoms. The lowest BCUT2D eigenvalue weighted by Gasteiger charge is -2.12. The highest BCUT2D eigenvalue weighted by Gasteiger charge is 2.08. The summed E-state index contributed by atoms with van der Waals surface area (Å²) in [6.45, 7) is 13.4. The average Bonchev–Trinajstić information content (AvgIpc) is 2.92. The van der Waals surface area contributed by atoms with Crippen LogP contribution in [0, 0.1) is 41.5 Å². The van der Waals surface area contributed by atoms with Crippen LogP contribution in [0.5, 0.6) is 29.1 Å². The van der Waals surface area contributed by atoms with Gasteiger partial charge in [-0.25, -0.2) is 15.0 Å². The first-order chi connectivity index (χ1) is 19.3. The number of pyridine rings is 1. The summed E-state index contributed by atoms with van der Waals surface area (Å²) in [5.74, 6) is 1.74. The first kappa shape index (κ1) is 35.1. The molecule has 0 aromatic carbocycles. The molecule has 3 aromatic heterocycles. The van der Waals surface area contributed by atoms with Crippen molar-refractivity contribution in [2.45, 2.75) is 87.0 Å². The zero-order valence-corrected chi connectivity index (χ0v) is 26.4. The smallest absolute Gasteiger partial charge is 0.317 e. The molecule has 0 unspecified atom stereocenters. The summed E-state index contributed by atoms with van der Waals surface area (Å²) in [5.41, 5.74) is 3.76. The van der Waals surface area contributed by atoms with Crippen molar-refractivity contribution in [1.82, 2.24) is 24.9 Å². The second-order valence-electron chi connectivity index (χ2n) is 9.99. The van der Waals surface area contributed by atoms with Crippen molar-refractivity contribution in [3.63, 3.8) is 0 Å². The molecule has 0 amide bonds. The van der Waals surface area contributed by atoms with Gasteiger partial charge in [0.1, 0.15) is 5.75 Å². The van der Waals surface area contributed by atoms with E-state index in [1.54, 1.807) is 52.7 Å². The van der Waals surface area contributed by atoms with E-state index in [-0.39, 0.29) is 17.2 Å². The maximum atomic E-state index is 9.54. The lowest BCUT2D eigenvalue weighted by Crippen LogP contribution is -2.13. The maximum absolute atomic E-state index is 9.54. The Morgan fingerprint density at radius 3 is 1.59 bits per heavy atom. The van der Waals surface area contributed by atoms with Crippen molar-refractivity contribution in [2.24, 2.45) is 0 Å². The molecule has 3 rings (SSSR count). The highest BCUT2D eigenvalue weighted by molar-refractivity contribution is 5.38. The van der Waals surface area contributed by atoms with Crippen LogP contribution in [0.25, 0.3) is 0 Å². The lowest BCUT2D eigenvalue weighted by atomic mass is 10.1. The quantitative estimate of drug-likeness (QED) is 0.253. The van der Waals surface area contributed by atoms with E-state index in [1.807, 2.05) is 21.0 Å². The van der Waals surface area contributed by atoms with Gasteiger partial charge in [-0.1, -0.05) is 39.0 Å². The predicted octanol–water partition coefficient (Wildman–Crippen LogP) is 5.82. The van der Waals surface area contributed by atoms with Gasteiger partial charge < -0.3 is 29.7 Å². The summed E-state index contributed by atoms with van der Waals surface area (Å²) in [6.07, 6.45) is 7.40. The highest BCUT2D eigenvalue weighted by Crippen LogP contribution is 2.23. The van der Waals surface area contributed by atoms with E-state index >= 15 is 0 Å². The predicted molar refractivity (Wildman–Crippen MR) is 161 cm³/mol. The number of aromatic hydroxyl groups is 3. The summed E-state index contributed by atoms with van der Waals surface area (Å²) in [7, 11) is 5.29. The van der Waals surface area contributed by atoms with Gasteiger partial charge in [0.15, 0.2) is 11.5 Å². The van der Waals surface area contributed by atoms with Crippen molar-refractivity contribution in [3.8, 4) is 29.1 Å². The number of aromatic nitrogens is 5. The molecule has 0 saturated carbocycles. The van der Waals surface area contributed by atoms with Gasteiger partial charge in [0, 0.05) is 20.2 Å². The van der Waals surface area contributed by atoms with Crippen molar-refractivity contribution in [2.75, 3.05) is 32.7 Å². The molecule has 0 aliphatic carbocycles. The Balaban J connectivity index is 0.000000320. The molecule has 0 aliphatic rings. The number of nitrogens with zero attached hydrogens (tertiary/aromatic N) is 6. The average molecular weight is 573 g/mol. The second-order valence-corrected chi connectivity index (χ2v) is 9.99. The number of methoxy groups -OCH3 is 1. The van der Waals surface area contributed by atoms with Crippen LogP contribution in [0.4, 0.5) is 5.95 Å². The minimum atomic E-state index is 0.155. The molecule has 3 heterocycles. The molecule has 0 fully saturated rings. The summed E-state index contributed by atoms with van der Waals surface area (Å²) in [4.78, 5) is 22.2. The Morgan fingerprint density at radius 2 is 1.12 bits per heavy atom. The van der Waals surface area contributed by atoms with Crippen LogP contribution in [-0.2, 0) is 0 Å². The minimum Gasteiger partial charge on any atom is -0.506 e. The number of aryl methyl sites for hydroxylation is 6. The zero-order valence-electron chi connectivity index (χ0n) is 26.4. The van der Waals surface area contributed by atoms with Gasteiger partial charge in [-0.05, 0) is 53.5 Å². The van der Waals surface area contributed by atoms with Crippen LogP contribution in [-0.4, -0.2) is 68.1 Å². The Hall–Kier alpha value is -3.89. The molecule has 3 aromatic rings. The largest absolute Gasteiger partial charge is 0.506 e. The van der Waals surface area contributed by atoms with Gasteiger partial charge in [-0.2, -0.15) is 9.97 Å². The number of hydrogen-bond donors (Lipinski definition) is 3. The molecule has 3 N–H and O–H groups in total. The van der Waals surface area contributed by atoms with E-state index in [9.17, 15) is 15.3 Å². The first-order valence-corrected chi connectivity index (χ1v) is 13.9. The Labute approximate surface area is 244 Å². The van der Waals surface area contributed by atoms with E-state index in [2.05, 4.69) is 31.8 Å². The van der Waals surface area contributed by atoms with Gasteiger partial charge in [-0.15, -0.1) is 0 Å². The van der Waals surface area contributed by atoms with E-state index in [0.717, 1.165) is 12.0 Å². The Kier molecular flexibility index (Phi) is 15.2. The summed E-state index contributed by atoms with van der Waals surface area (Å²) in [6, 6.07) is 2.07. The first-order valence-electron chi connectivity index (χ1n) is 13.9. The van der Waals surface area contributed by atoms with Crippen LogP contribution in [0.2, 0.25) is 0 Å². The van der Waals surface area contributed by atoms with Gasteiger partial charge in [-0.3, -0.25) is 0 Å².